The van der Waals surface area contributed by atoms with Gasteiger partial charge in [0, 0.05) is 31.7 Å². The van der Waals surface area contributed by atoms with Crippen LogP contribution in [0.4, 0.5) is 10.5 Å². The number of nitro groups is 1. The average Bonchev–Trinajstić information content (AvgIpc) is 2.48. The number of rotatable bonds is 3. The summed E-state index contributed by atoms with van der Waals surface area (Å²) in [5.41, 5.74) is -0.471. The molecule has 0 bridgehead atoms. The quantitative estimate of drug-likeness (QED) is 0.646. The van der Waals surface area contributed by atoms with Crippen molar-refractivity contribution in [2.75, 3.05) is 19.6 Å². The number of hydrogen-bond acceptors (Lipinski definition) is 5. The molecule has 23 heavy (non-hydrogen) atoms. The second-order valence-electron chi connectivity index (χ2n) is 5.64. The lowest BCUT2D eigenvalue weighted by molar-refractivity contribution is -0.387. The van der Waals surface area contributed by atoms with E-state index in [0.717, 1.165) is 6.07 Å². The number of hydrogen-bond donors (Lipinski definition) is 1. The molecular weight excluding hydrogens is 326 g/mol. The van der Waals surface area contributed by atoms with Crippen LogP contribution in [0.2, 0.25) is 0 Å². The molecule has 10 heteroatoms. The highest BCUT2D eigenvalue weighted by Gasteiger charge is 2.50. The maximum Gasteiger partial charge on any atom is 0.407 e. The molecule has 1 aromatic carbocycles. The number of para-hydroxylation sites is 1. The highest BCUT2D eigenvalue weighted by molar-refractivity contribution is 7.89. The van der Waals surface area contributed by atoms with Gasteiger partial charge in [-0.05, 0) is 18.4 Å². The predicted molar refractivity (Wildman–Crippen MR) is 78.5 cm³/mol. The van der Waals surface area contributed by atoms with Crippen molar-refractivity contribution in [3.63, 3.8) is 0 Å². The van der Waals surface area contributed by atoms with Crippen molar-refractivity contribution in [2.24, 2.45) is 5.92 Å². The lowest BCUT2D eigenvalue weighted by atomic mass is 9.85. The first-order valence-corrected chi connectivity index (χ1v) is 8.49. The highest BCUT2D eigenvalue weighted by Crippen LogP contribution is 2.38. The summed E-state index contributed by atoms with van der Waals surface area (Å²) in [4.78, 5) is 22.2. The van der Waals surface area contributed by atoms with Crippen LogP contribution in [0, 0.1) is 16.0 Å². The van der Waals surface area contributed by atoms with Crippen molar-refractivity contribution < 1.29 is 23.2 Å². The summed E-state index contributed by atoms with van der Waals surface area (Å²) in [6.45, 7) is 0.752. The third-order valence-electron chi connectivity index (χ3n) is 4.42. The Bertz CT molecular complexity index is 765. The first kappa shape index (κ1) is 15.7. The SMILES string of the molecule is O=C(O)N1CC[C@@H]2CN(S(=O)(=O)c3ccccc3[N+](=O)[O-])[C@@H]2C1. The molecule has 2 aliphatic heterocycles. The topological polar surface area (TPSA) is 121 Å². The van der Waals surface area contributed by atoms with Crippen molar-refractivity contribution in [2.45, 2.75) is 17.4 Å². The summed E-state index contributed by atoms with van der Waals surface area (Å²) in [5, 5.41) is 20.1. The van der Waals surface area contributed by atoms with Gasteiger partial charge in [-0.3, -0.25) is 10.1 Å². The van der Waals surface area contributed by atoms with E-state index >= 15 is 0 Å². The first-order chi connectivity index (χ1) is 10.8. The van der Waals surface area contributed by atoms with Gasteiger partial charge in [-0.2, -0.15) is 4.31 Å². The van der Waals surface area contributed by atoms with E-state index in [1.54, 1.807) is 0 Å². The summed E-state index contributed by atoms with van der Waals surface area (Å²) >= 11 is 0. The van der Waals surface area contributed by atoms with Gasteiger partial charge in [0.05, 0.1) is 4.92 Å². The van der Waals surface area contributed by atoms with Gasteiger partial charge in [0.2, 0.25) is 10.0 Å². The molecule has 0 spiro atoms. The monoisotopic (exact) mass is 341 g/mol. The Morgan fingerprint density at radius 2 is 2.00 bits per heavy atom. The van der Waals surface area contributed by atoms with Crippen LogP contribution in [0.3, 0.4) is 0 Å². The number of likely N-dealkylation sites (tertiary alicyclic amines) is 1. The molecule has 3 rings (SSSR count). The maximum absolute atomic E-state index is 12.7. The number of piperidine rings is 1. The largest absolute Gasteiger partial charge is 0.465 e. The molecular formula is C13H15N3O6S. The van der Waals surface area contributed by atoms with E-state index in [-0.39, 0.29) is 23.9 Å². The van der Waals surface area contributed by atoms with Gasteiger partial charge < -0.3 is 10.0 Å². The second-order valence-corrected chi connectivity index (χ2v) is 7.50. The Kier molecular flexibility index (Phi) is 3.72. The first-order valence-electron chi connectivity index (χ1n) is 7.05. The van der Waals surface area contributed by atoms with Crippen LogP contribution in [0.25, 0.3) is 0 Å². The summed E-state index contributed by atoms with van der Waals surface area (Å²) < 4.78 is 26.6. The van der Waals surface area contributed by atoms with Crippen LogP contribution in [0.1, 0.15) is 6.42 Å². The zero-order valence-corrected chi connectivity index (χ0v) is 12.8. The molecule has 0 saturated carbocycles. The van der Waals surface area contributed by atoms with Gasteiger partial charge in [0.1, 0.15) is 0 Å². The molecule has 0 aliphatic carbocycles. The number of nitro benzene ring substituents is 1. The van der Waals surface area contributed by atoms with Crippen LogP contribution in [0.15, 0.2) is 29.2 Å². The van der Waals surface area contributed by atoms with Crippen LogP contribution >= 0.6 is 0 Å². The van der Waals surface area contributed by atoms with E-state index in [4.69, 9.17) is 5.11 Å². The minimum atomic E-state index is -4.03. The average molecular weight is 341 g/mol. The standard InChI is InChI=1S/C13H15N3O6S/c17-13(18)14-6-5-9-7-15(11(9)8-14)23(21,22)12-4-2-1-3-10(12)16(19)20/h1-4,9,11H,5-8H2,(H,17,18)/t9-,11-/m1/s1. The summed E-state index contributed by atoms with van der Waals surface area (Å²) in [7, 11) is -4.03. The lowest BCUT2D eigenvalue weighted by Gasteiger charge is -2.51. The number of fused-ring (bicyclic) bond motifs is 1. The number of sulfonamides is 1. The number of benzene rings is 1. The van der Waals surface area contributed by atoms with E-state index in [1.165, 1.54) is 27.4 Å². The molecule has 2 fully saturated rings. The van der Waals surface area contributed by atoms with Crippen molar-refractivity contribution in [3.8, 4) is 0 Å². The molecule has 124 valence electrons. The lowest BCUT2D eigenvalue weighted by Crippen LogP contribution is -2.65. The molecule has 2 heterocycles. The highest BCUT2D eigenvalue weighted by atomic mass is 32.2. The minimum absolute atomic E-state index is 0.0971. The fourth-order valence-electron chi connectivity index (χ4n) is 3.15. The summed E-state index contributed by atoms with van der Waals surface area (Å²) in [6.07, 6.45) is -0.488. The number of carboxylic acid groups (broad SMARTS) is 1. The maximum atomic E-state index is 12.7. The van der Waals surface area contributed by atoms with E-state index < -0.39 is 32.8 Å². The van der Waals surface area contributed by atoms with Crippen molar-refractivity contribution in [3.05, 3.63) is 34.4 Å². The normalized spacial score (nSPS) is 24.6. The molecule has 0 radical (unpaired) electrons. The fraction of sp³-hybridized carbons (Fsp3) is 0.462. The molecule has 1 N–H and O–H groups in total. The van der Waals surface area contributed by atoms with Gasteiger partial charge in [0.15, 0.2) is 4.90 Å². The van der Waals surface area contributed by atoms with E-state index in [1.807, 2.05) is 0 Å². The molecule has 1 aromatic rings. The smallest absolute Gasteiger partial charge is 0.407 e. The molecule has 0 aromatic heterocycles. The Morgan fingerprint density at radius 1 is 1.30 bits per heavy atom. The van der Waals surface area contributed by atoms with Crippen LogP contribution < -0.4 is 0 Å². The van der Waals surface area contributed by atoms with Crippen molar-refractivity contribution >= 4 is 21.8 Å². The zero-order valence-electron chi connectivity index (χ0n) is 12.0. The van der Waals surface area contributed by atoms with Gasteiger partial charge >= 0.3 is 6.09 Å². The predicted octanol–water partition coefficient (Wildman–Crippen LogP) is 0.968. The molecule has 2 saturated heterocycles. The zero-order chi connectivity index (χ0) is 16.8. The van der Waals surface area contributed by atoms with Crippen LogP contribution in [-0.4, -0.2) is 59.4 Å². The van der Waals surface area contributed by atoms with E-state index in [2.05, 4.69) is 0 Å². The van der Waals surface area contributed by atoms with Gasteiger partial charge in [-0.1, -0.05) is 12.1 Å². The molecule has 2 atom stereocenters. The Balaban J connectivity index is 1.90. The number of nitrogens with zero attached hydrogens (tertiary/aromatic N) is 3. The number of carbonyl (C=O) groups is 1. The summed E-state index contributed by atoms with van der Waals surface area (Å²) in [6, 6.07) is 4.74. The number of amides is 1. The van der Waals surface area contributed by atoms with E-state index in [9.17, 15) is 23.3 Å². The molecule has 2 aliphatic rings. The molecule has 9 nitrogen and oxygen atoms in total. The van der Waals surface area contributed by atoms with Crippen molar-refractivity contribution in [1.82, 2.24) is 9.21 Å². The Morgan fingerprint density at radius 3 is 2.65 bits per heavy atom. The van der Waals surface area contributed by atoms with Gasteiger partial charge in [0.25, 0.3) is 5.69 Å². The van der Waals surface area contributed by atoms with Crippen LogP contribution in [0.5, 0.6) is 0 Å². The third-order valence-corrected chi connectivity index (χ3v) is 6.36. The van der Waals surface area contributed by atoms with Crippen LogP contribution in [-0.2, 0) is 10.0 Å². The third kappa shape index (κ3) is 2.53. The van der Waals surface area contributed by atoms with Gasteiger partial charge in [-0.15, -0.1) is 0 Å². The van der Waals surface area contributed by atoms with Crippen molar-refractivity contribution in [1.29, 1.82) is 0 Å². The van der Waals surface area contributed by atoms with Gasteiger partial charge in [-0.25, -0.2) is 13.2 Å². The Labute approximate surface area is 132 Å². The molecule has 1 amide bonds. The van der Waals surface area contributed by atoms with E-state index in [0.29, 0.717) is 13.0 Å². The second kappa shape index (κ2) is 5.46. The fourth-order valence-corrected chi connectivity index (χ4v) is 5.04. The minimum Gasteiger partial charge on any atom is -0.465 e. The summed E-state index contributed by atoms with van der Waals surface area (Å²) in [5.74, 6) is 0.100. The molecule has 0 unspecified atom stereocenters. The Hall–Kier alpha value is -2.20.